The van der Waals surface area contributed by atoms with Crippen LogP contribution in [-0.2, 0) is 4.79 Å². The van der Waals surface area contributed by atoms with Crippen LogP contribution >= 0.6 is 0 Å². The highest BCUT2D eigenvalue weighted by Crippen LogP contribution is 2.12. The Morgan fingerprint density at radius 3 is 2.87 bits per heavy atom. The van der Waals surface area contributed by atoms with Crippen molar-refractivity contribution in [3.05, 3.63) is 0 Å². The molecule has 1 aliphatic rings. The lowest BCUT2D eigenvalue weighted by atomic mass is 10.00. The molecule has 0 unspecified atom stereocenters. The summed E-state index contributed by atoms with van der Waals surface area (Å²) in [7, 11) is 0. The number of rotatable bonds is 3. The van der Waals surface area contributed by atoms with Crippen LogP contribution < -0.4 is 11.1 Å². The van der Waals surface area contributed by atoms with E-state index in [0.717, 1.165) is 18.8 Å². The third-order valence-corrected chi connectivity index (χ3v) is 2.47. The highest BCUT2D eigenvalue weighted by molar-refractivity contribution is 5.84. The van der Waals surface area contributed by atoms with E-state index in [2.05, 4.69) is 10.3 Å². The first kappa shape index (κ1) is 12.0. The van der Waals surface area contributed by atoms with E-state index >= 15 is 0 Å². The van der Waals surface area contributed by atoms with Gasteiger partial charge in [-0.1, -0.05) is 6.42 Å². The second-order valence-electron chi connectivity index (χ2n) is 4.79. The van der Waals surface area contributed by atoms with Crippen LogP contribution in [0.2, 0.25) is 0 Å². The van der Waals surface area contributed by atoms with Crippen molar-refractivity contribution in [2.24, 2.45) is 10.7 Å². The van der Waals surface area contributed by atoms with Gasteiger partial charge in [-0.2, -0.15) is 0 Å². The number of aliphatic imine (C=N–C) groups is 1. The van der Waals surface area contributed by atoms with Crippen LogP contribution in [-0.4, -0.2) is 23.8 Å². The number of amidine groups is 1. The first-order valence-corrected chi connectivity index (χ1v) is 5.59. The highest BCUT2D eigenvalue weighted by atomic mass is 16.1. The van der Waals surface area contributed by atoms with Gasteiger partial charge in [0, 0.05) is 24.9 Å². The van der Waals surface area contributed by atoms with E-state index in [0.29, 0.717) is 6.42 Å². The maximum absolute atomic E-state index is 10.9. The molecule has 0 spiro atoms. The minimum absolute atomic E-state index is 0.276. The average Bonchev–Trinajstić information content (AvgIpc) is 2.29. The molecule has 4 nitrogen and oxygen atoms in total. The van der Waals surface area contributed by atoms with Gasteiger partial charge in [0.2, 0.25) is 5.91 Å². The molecule has 0 atom stereocenters. The lowest BCUT2D eigenvalue weighted by molar-refractivity contribution is -0.119. The van der Waals surface area contributed by atoms with Crippen molar-refractivity contribution in [1.82, 2.24) is 5.32 Å². The molecular formula is C11H21N3O. The quantitative estimate of drug-likeness (QED) is 0.736. The Labute approximate surface area is 91.3 Å². The Morgan fingerprint density at radius 2 is 2.20 bits per heavy atom. The predicted octanol–water partition coefficient (Wildman–Crippen LogP) is 1.20. The van der Waals surface area contributed by atoms with Gasteiger partial charge in [-0.3, -0.25) is 9.79 Å². The molecule has 0 aromatic carbocycles. The second-order valence-corrected chi connectivity index (χ2v) is 4.79. The van der Waals surface area contributed by atoms with Crippen LogP contribution in [0, 0.1) is 0 Å². The first-order chi connectivity index (χ1) is 6.99. The van der Waals surface area contributed by atoms with Crippen molar-refractivity contribution in [2.45, 2.75) is 51.5 Å². The topological polar surface area (TPSA) is 67.5 Å². The van der Waals surface area contributed by atoms with Crippen LogP contribution in [0.5, 0.6) is 0 Å². The molecule has 0 aromatic heterocycles. The minimum Gasteiger partial charge on any atom is -0.370 e. The van der Waals surface area contributed by atoms with Gasteiger partial charge in [0.05, 0.1) is 5.84 Å². The summed E-state index contributed by atoms with van der Waals surface area (Å²) in [5.74, 6) is 0.750. The van der Waals surface area contributed by atoms with Gasteiger partial charge in [-0.25, -0.2) is 0 Å². The summed E-state index contributed by atoms with van der Waals surface area (Å²) in [4.78, 5) is 15.3. The molecule has 1 rings (SSSR count). The highest BCUT2D eigenvalue weighted by Gasteiger charge is 2.21. The number of hydrogen-bond acceptors (Lipinski definition) is 3. The number of primary amides is 1. The molecule has 15 heavy (non-hydrogen) atoms. The Hall–Kier alpha value is -1.06. The molecule has 0 saturated heterocycles. The smallest absolute Gasteiger partial charge is 0.219 e. The molecule has 0 bridgehead atoms. The summed E-state index contributed by atoms with van der Waals surface area (Å²) in [5.41, 5.74) is 4.91. The molecule has 1 heterocycles. The first-order valence-electron chi connectivity index (χ1n) is 5.59. The molecule has 86 valence electrons. The van der Waals surface area contributed by atoms with Gasteiger partial charge in [0.15, 0.2) is 0 Å². The van der Waals surface area contributed by atoms with Crippen molar-refractivity contribution in [2.75, 3.05) is 6.54 Å². The number of nitrogens with one attached hydrogen (secondary N) is 1. The molecule has 0 aliphatic carbocycles. The maximum atomic E-state index is 10.9. The Morgan fingerprint density at radius 1 is 1.47 bits per heavy atom. The monoisotopic (exact) mass is 211 g/mol. The average molecular weight is 211 g/mol. The van der Waals surface area contributed by atoms with Crippen molar-refractivity contribution in [3.63, 3.8) is 0 Å². The van der Waals surface area contributed by atoms with Gasteiger partial charge < -0.3 is 11.1 Å². The standard InChI is InChI=1S/C11H21N3O/c1-11(2,8-9(12)15)14-10-6-4-3-5-7-13-10/h3-8H2,1-2H3,(H2,12,15)(H,13,14). The van der Waals surface area contributed by atoms with Crippen LogP contribution in [0.3, 0.4) is 0 Å². The van der Waals surface area contributed by atoms with Gasteiger partial charge >= 0.3 is 0 Å². The molecule has 1 aliphatic heterocycles. The zero-order valence-electron chi connectivity index (χ0n) is 9.68. The normalized spacial score (nSPS) is 17.9. The van der Waals surface area contributed by atoms with Crippen molar-refractivity contribution < 1.29 is 4.79 Å². The Balaban J connectivity index is 2.50. The van der Waals surface area contributed by atoms with Crippen LogP contribution in [0.1, 0.15) is 46.0 Å². The summed E-state index contributed by atoms with van der Waals surface area (Å²) >= 11 is 0. The number of nitrogens with two attached hydrogens (primary N) is 1. The van der Waals surface area contributed by atoms with Crippen LogP contribution in [0.4, 0.5) is 0 Å². The Bertz CT molecular complexity index is 259. The van der Waals surface area contributed by atoms with Crippen LogP contribution in [0.15, 0.2) is 4.99 Å². The van der Waals surface area contributed by atoms with E-state index in [1.165, 1.54) is 19.3 Å². The number of carbonyl (C=O) groups is 1. The third-order valence-electron chi connectivity index (χ3n) is 2.47. The zero-order valence-corrected chi connectivity index (χ0v) is 9.68. The van der Waals surface area contributed by atoms with Crippen molar-refractivity contribution >= 4 is 11.7 Å². The van der Waals surface area contributed by atoms with E-state index in [1.807, 2.05) is 13.8 Å². The fourth-order valence-corrected chi connectivity index (χ4v) is 1.85. The van der Waals surface area contributed by atoms with E-state index in [4.69, 9.17) is 5.73 Å². The SMILES string of the molecule is CC(C)(CC(N)=O)NC1=NCCCCC1. The van der Waals surface area contributed by atoms with Gasteiger partial charge in [-0.15, -0.1) is 0 Å². The molecular weight excluding hydrogens is 190 g/mol. The lowest BCUT2D eigenvalue weighted by Gasteiger charge is -2.26. The number of hydrogen-bond donors (Lipinski definition) is 2. The largest absolute Gasteiger partial charge is 0.370 e. The molecule has 3 N–H and O–H groups in total. The molecule has 0 radical (unpaired) electrons. The molecule has 0 fully saturated rings. The Kier molecular flexibility index (Phi) is 4.12. The van der Waals surface area contributed by atoms with E-state index in [-0.39, 0.29) is 11.4 Å². The summed E-state index contributed by atoms with van der Waals surface area (Å²) in [6, 6.07) is 0. The third kappa shape index (κ3) is 4.81. The zero-order chi connectivity index (χ0) is 11.3. The van der Waals surface area contributed by atoms with E-state index < -0.39 is 0 Å². The van der Waals surface area contributed by atoms with Gasteiger partial charge in [0.25, 0.3) is 0 Å². The molecule has 1 amide bonds. The molecule has 0 saturated carbocycles. The fourth-order valence-electron chi connectivity index (χ4n) is 1.85. The number of amides is 1. The van der Waals surface area contributed by atoms with Crippen molar-refractivity contribution in [1.29, 1.82) is 0 Å². The number of nitrogens with zero attached hydrogens (tertiary/aromatic N) is 1. The summed E-state index contributed by atoms with van der Waals surface area (Å²) in [6.45, 7) is 4.85. The predicted molar refractivity (Wildman–Crippen MR) is 61.8 cm³/mol. The van der Waals surface area contributed by atoms with E-state index in [9.17, 15) is 4.79 Å². The van der Waals surface area contributed by atoms with Crippen LogP contribution in [0.25, 0.3) is 0 Å². The van der Waals surface area contributed by atoms with Gasteiger partial charge in [0.1, 0.15) is 0 Å². The summed E-state index contributed by atoms with van der Waals surface area (Å²) < 4.78 is 0. The molecule has 0 aromatic rings. The maximum Gasteiger partial charge on any atom is 0.219 e. The van der Waals surface area contributed by atoms with Gasteiger partial charge in [-0.05, 0) is 26.7 Å². The van der Waals surface area contributed by atoms with E-state index in [1.54, 1.807) is 0 Å². The summed E-state index contributed by atoms with van der Waals surface area (Å²) in [5, 5.41) is 3.32. The molecule has 4 heteroatoms. The fraction of sp³-hybridized carbons (Fsp3) is 0.818. The number of carbonyl (C=O) groups excluding carboxylic acids is 1. The minimum atomic E-state index is -0.283. The lowest BCUT2D eigenvalue weighted by Crippen LogP contribution is -2.46. The van der Waals surface area contributed by atoms with Crippen molar-refractivity contribution in [3.8, 4) is 0 Å². The second kappa shape index (κ2) is 5.14. The summed E-state index contributed by atoms with van der Waals surface area (Å²) in [6.07, 6.45) is 4.92.